The van der Waals surface area contributed by atoms with Crippen molar-refractivity contribution >= 4 is 24.0 Å². The van der Waals surface area contributed by atoms with Gasteiger partial charge in [0.25, 0.3) is 0 Å². The minimum atomic E-state index is -1.44. The van der Waals surface area contributed by atoms with Crippen LogP contribution in [0.15, 0.2) is 0 Å². The van der Waals surface area contributed by atoms with Crippen LogP contribution in [0.4, 0.5) is 4.79 Å². The number of likely N-dealkylation sites (N-methyl/N-ethyl adjacent to an activating group) is 1. The van der Waals surface area contributed by atoms with Crippen molar-refractivity contribution in [3.05, 3.63) is 0 Å². The lowest BCUT2D eigenvalue weighted by Gasteiger charge is -2.49. The lowest BCUT2D eigenvalue weighted by Crippen LogP contribution is -2.60. The maximum Gasteiger partial charge on any atom is 0.509 e. The first-order chi connectivity index (χ1) is 21.9. The molecule has 2 bridgehead atoms. The number of nitrogens with zero attached hydrogens (tertiary/aromatic N) is 2. The third kappa shape index (κ3) is 7.71. The van der Waals surface area contributed by atoms with E-state index in [1.54, 1.807) is 32.6 Å². The summed E-state index contributed by atoms with van der Waals surface area (Å²) in [5.74, 6) is -3.69. The van der Waals surface area contributed by atoms with E-state index in [0.29, 0.717) is 12.8 Å². The molecule has 0 radical (unpaired) electrons. The van der Waals surface area contributed by atoms with Crippen molar-refractivity contribution in [2.24, 2.45) is 17.8 Å². The van der Waals surface area contributed by atoms with Gasteiger partial charge in [-0.3, -0.25) is 14.4 Å². The van der Waals surface area contributed by atoms with Gasteiger partial charge < -0.3 is 48.1 Å². The van der Waals surface area contributed by atoms with E-state index in [1.807, 2.05) is 39.8 Å². The monoisotopic (exact) mass is 670 g/mol. The molecule has 5 aliphatic heterocycles. The zero-order chi connectivity index (χ0) is 35.0. The molecular weight excluding hydrogens is 616 g/mol. The van der Waals surface area contributed by atoms with Crippen LogP contribution in [0.1, 0.15) is 81.1 Å². The summed E-state index contributed by atoms with van der Waals surface area (Å²) >= 11 is 0. The molecule has 268 valence electrons. The molecule has 14 nitrogen and oxygen atoms in total. The van der Waals surface area contributed by atoms with E-state index in [0.717, 1.165) is 0 Å². The normalized spacial score (nSPS) is 43.4. The highest BCUT2D eigenvalue weighted by Crippen LogP contribution is 2.41. The van der Waals surface area contributed by atoms with E-state index in [-0.39, 0.29) is 50.3 Å². The number of aliphatic hydroxyl groups excluding tert-OH is 1. The number of aliphatic hydroxyl groups is 1. The summed E-state index contributed by atoms with van der Waals surface area (Å²) in [5.41, 5.74) is -2.45. The molecule has 1 N–H and O–H groups in total. The van der Waals surface area contributed by atoms with Crippen LogP contribution in [0.5, 0.6) is 0 Å². The van der Waals surface area contributed by atoms with Crippen LogP contribution in [-0.2, 0) is 47.5 Å². The molecule has 5 heterocycles. The maximum atomic E-state index is 14.0. The first-order valence-corrected chi connectivity index (χ1v) is 16.8. The molecule has 5 rings (SSSR count). The first-order valence-electron chi connectivity index (χ1n) is 16.8. The van der Waals surface area contributed by atoms with Crippen LogP contribution in [0.2, 0.25) is 0 Å². The second kappa shape index (κ2) is 14.5. The van der Waals surface area contributed by atoms with Crippen molar-refractivity contribution in [2.75, 3.05) is 27.4 Å². The van der Waals surface area contributed by atoms with Gasteiger partial charge in [-0.25, -0.2) is 4.79 Å². The fourth-order valence-corrected chi connectivity index (χ4v) is 7.75. The van der Waals surface area contributed by atoms with Gasteiger partial charge >= 0.3 is 18.1 Å². The number of fused-ring (bicyclic) bond motifs is 9. The molecular formula is C33H54N2O12. The van der Waals surface area contributed by atoms with Crippen molar-refractivity contribution in [1.29, 1.82) is 0 Å². The lowest BCUT2D eigenvalue weighted by molar-refractivity contribution is -0.283. The second-order valence-corrected chi connectivity index (χ2v) is 14.4. The molecule has 1 amide bonds. The van der Waals surface area contributed by atoms with Gasteiger partial charge in [0, 0.05) is 13.0 Å². The van der Waals surface area contributed by atoms with E-state index >= 15 is 0 Å². The van der Waals surface area contributed by atoms with Crippen LogP contribution >= 0.6 is 0 Å². The van der Waals surface area contributed by atoms with Crippen LogP contribution < -0.4 is 0 Å². The molecule has 0 saturated carbocycles. The van der Waals surface area contributed by atoms with E-state index in [4.69, 9.17) is 33.2 Å². The number of hydrogen-bond acceptors (Lipinski definition) is 13. The average Bonchev–Trinajstić information content (AvgIpc) is 3.31. The second-order valence-electron chi connectivity index (χ2n) is 14.4. The van der Waals surface area contributed by atoms with Gasteiger partial charge in [0.1, 0.15) is 12.8 Å². The van der Waals surface area contributed by atoms with Crippen molar-refractivity contribution in [3.63, 3.8) is 0 Å². The average molecular weight is 671 g/mol. The Labute approximate surface area is 277 Å². The lowest BCUT2D eigenvalue weighted by atomic mass is 9.80. The van der Waals surface area contributed by atoms with Crippen molar-refractivity contribution < 1.29 is 57.4 Å². The van der Waals surface area contributed by atoms with Crippen molar-refractivity contribution in [2.45, 2.75) is 141 Å². The van der Waals surface area contributed by atoms with E-state index in [1.165, 1.54) is 6.92 Å². The van der Waals surface area contributed by atoms with E-state index in [2.05, 4.69) is 0 Å². The Morgan fingerprint density at radius 1 is 1.06 bits per heavy atom. The molecule has 13 atom stereocenters. The molecule has 5 fully saturated rings. The minimum absolute atomic E-state index is 0.00414. The third-order valence-electron chi connectivity index (χ3n) is 10.4. The topological polar surface area (TPSA) is 160 Å². The van der Waals surface area contributed by atoms with Gasteiger partial charge in [0.2, 0.25) is 5.91 Å². The first kappa shape index (κ1) is 37.3. The molecule has 5 aliphatic rings. The number of rotatable bonds is 6. The van der Waals surface area contributed by atoms with Gasteiger partial charge in [0.15, 0.2) is 24.1 Å². The molecule has 0 aromatic carbocycles. The Morgan fingerprint density at radius 3 is 2.34 bits per heavy atom. The van der Waals surface area contributed by atoms with Crippen LogP contribution in [0.25, 0.3) is 0 Å². The zero-order valence-electron chi connectivity index (χ0n) is 29.4. The Bertz CT molecular complexity index is 1170. The smallest absolute Gasteiger partial charge is 0.458 e. The summed E-state index contributed by atoms with van der Waals surface area (Å²) in [4.78, 5) is 55.6. The quantitative estimate of drug-likeness (QED) is 0.325. The predicted molar refractivity (Wildman–Crippen MR) is 166 cm³/mol. The van der Waals surface area contributed by atoms with Crippen LogP contribution in [0, 0.1) is 17.8 Å². The highest BCUT2D eigenvalue weighted by Gasteiger charge is 2.59. The molecule has 14 heteroatoms. The SMILES string of the molecule is CC[C@H]1OC(=O)[C@H](C)[C@@H](O)[C@H](C)C[C@@]2(CO[C@@H]3O[C@H](C)C[C@H](N(C)C)[C@H]3OC(C)=O)C[C@@H](C)N(CO2)C(=O)[C@H](C)[C@H]2OC(=O)O[C@@]21C. The molecule has 0 aromatic rings. The Morgan fingerprint density at radius 2 is 1.74 bits per heavy atom. The van der Waals surface area contributed by atoms with Gasteiger partial charge in [-0.1, -0.05) is 13.8 Å². The van der Waals surface area contributed by atoms with Crippen molar-refractivity contribution in [3.8, 4) is 0 Å². The Hall–Kier alpha value is -2.52. The largest absolute Gasteiger partial charge is 0.509 e. The van der Waals surface area contributed by atoms with Crippen LogP contribution in [0.3, 0.4) is 0 Å². The number of carbonyl (C=O) groups is 4. The fourth-order valence-electron chi connectivity index (χ4n) is 7.75. The number of carbonyl (C=O) groups excluding carboxylic acids is 4. The van der Waals surface area contributed by atoms with Gasteiger partial charge in [0.05, 0.1) is 42.3 Å². The molecule has 0 spiro atoms. The van der Waals surface area contributed by atoms with Gasteiger partial charge in [-0.05, 0) is 80.3 Å². The highest BCUT2D eigenvalue weighted by molar-refractivity contribution is 5.81. The number of esters is 2. The maximum absolute atomic E-state index is 14.0. The molecule has 0 aromatic heterocycles. The summed E-state index contributed by atoms with van der Waals surface area (Å²) in [7, 11) is 3.82. The van der Waals surface area contributed by atoms with Gasteiger partial charge in [-0.2, -0.15) is 0 Å². The Balaban J connectivity index is 1.67. The molecule has 47 heavy (non-hydrogen) atoms. The minimum Gasteiger partial charge on any atom is -0.458 e. The third-order valence-corrected chi connectivity index (χ3v) is 10.4. The van der Waals surface area contributed by atoms with Crippen LogP contribution in [-0.4, -0.2) is 126 Å². The Kier molecular flexibility index (Phi) is 11.5. The predicted octanol–water partition coefficient (Wildman–Crippen LogP) is 2.62. The summed E-state index contributed by atoms with van der Waals surface area (Å²) in [6, 6.07) is -0.499. The standard InChI is InChI=1S/C33H54N2O12/c1-11-24-32(8)27(46-31(40)47-32)21(6)28(38)35-16-42-33(14-18(35)3,13-17(2)25(37)20(5)29(39)45-24)15-41-30-26(44-22(7)36)23(34(9)10)12-19(4)43-30/h17-21,23-27,30,37H,11-16H2,1-10H3/t17-,18-,19-,20-,21-,23+,24-,25+,26-,27-,30-,32-,33+/m1/s1. The number of ether oxygens (including phenoxy) is 7. The van der Waals surface area contributed by atoms with E-state index in [9.17, 15) is 24.3 Å². The van der Waals surface area contributed by atoms with Gasteiger partial charge in [-0.15, -0.1) is 0 Å². The highest BCUT2D eigenvalue weighted by atomic mass is 16.8. The molecule has 0 aliphatic carbocycles. The summed E-state index contributed by atoms with van der Waals surface area (Å²) in [6.07, 6.45) is -4.28. The number of hydrogen-bond donors (Lipinski definition) is 1. The number of amides is 1. The summed E-state index contributed by atoms with van der Waals surface area (Å²) in [5, 5.41) is 11.5. The summed E-state index contributed by atoms with van der Waals surface area (Å²) < 4.78 is 41.8. The van der Waals surface area contributed by atoms with E-state index < -0.39 is 77.8 Å². The summed E-state index contributed by atoms with van der Waals surface area (Å²) in [6.45, 7) is 13.6. The fraction of sp³-hybridized carbons (Fsp3) is 0.879. The van der Waals surface area contributed by atoms with Crippen molar-refractivity contribution in [1.82, 2.24) is 9.80 Å². The zero-order valence-corrected chi connectivity index (χ0v) is 29.4. The molecule has 5 saturated heterocycles. The molecule has 0 unspecified atom stereocenters.